The third-order valence-corrected chi connectivity index (χ3v) is 11.8. The molecule has 0 bridgehead atoms. The largest absolute Gasteiger partial charge is 0.493 e. The van der Waals surface area contributed by atoms with Crippen molar-refractivity contribution in [2.45, 2.75) is 96.2 Å². The van der Waals surface area contributed by atoms with E-state index in [1.54, 1.807) is 7.11 Å². The number of aryl methyl sites for hydroxylation is 1. The number of hydrogen-bond donors (Lipinski definition) is 2. The second-order valence-corrected chi connectivity index (χ2v) is 16.1. The molecule has 57 heavy (non-hydrogen) atoms. The number of halogens is 2. The number of anilines is 1. The van der Waals surface area contributed by atoms with Gasteiger partial charge in [0.05, 0.1) is 25.3 Å². The van der Waals surface area contributed by atoms with Crippen molar-refractivity contribution in [2.24, 2.45) is 0 Å². The smallest absolute Gasteiger partial charge is 0.255 e. The fourth-order valence-electron chi connectivity index (χ4n) is 8.23. The summed E-state index contributed by atoms with van der Waals surface area (Å²) in [6, 6.07) is 14.0. The minimum absolute atomic E-state index is 0.00406. The van der Waals surface area contributed by atoms with Gasteiger partial charge in [-0.3, -0.25) is 24.5 Å². The van der Waals surface area contributed by atoms with E-state index in [0.29, 0.717) is 56.3 Å². The molecule has 0 aliphatic carbocycles. The first-order valence-corrected chi connectivity index (χ1v) is 20.5. The minimum atomic E-state index is -0.756. The van der Waals surface area contributed by atoms with Crippen LogP contribution in [0, 0.1) is 12.7 Å². The SMILES string of the molecule is COc1cc2c(NC(C)c3cccc(Br)c3)nc(C)nc2cc1OCCCCCCC(=O)N1CCC(c2cc(F)cc3c2CN(C2CCC(=O)NC2=O)C3=O)CC1. The van der Waals surface area contributed by atoms with Gasteiger partial charge in [0.15, 0.2) is 11.5 Å². The van der Waals surface area contributed by atoms with Crippen LogP contribution >= 0.6 is 15.9 Å². The number of rotatable bonds is 14. The molecule has 0 saturated carbocycles. The molecular formula is C43H48BrFN6O6. The molecule has 2 fully saturated rings. The maximum absolute atomic E-state index is 14.8. The van der Waals surface area contributed by atoms with Gasteiger partial charge in [-0.15, -0.1) is 0 Å². The number of ether oxygens (including phenoxy) is 2. The van der Waals surface area contributed by atoms with E-state index in [1.165, 1.54) is 17.0 Å². The number of methoxy groups -OCH3 is 1. The lowest BCUT2D eigenvalue weighted by Gasteiger charge is -2.33. The number of carbonyl (C=O) groups excluding carboxylic acids is 4. The number of imide groups is 1. The van der Waals surface area contributed by atoms with Gasteiger partial charge < -0.3 is 24.6 Å². The van der Waals surface area contributed by atoms with Crippen LogP contribution in [0.4, 0.5) is 10.2 Å². The lowest BCUT2D eigenvalue weighted by molar-refractivity contribution is -0.137. The summed E-state index contributed by atoms with van der Waals surface area (Å²) in [5, 5.41) is 6.69. The van der Waals surface area contributed by atoms with Crippen molar-refractivity contribution >= 4 is 56.3 Å². The fraction of sp³-hybridized carbons (Fsp3) is 0.442. The third-order valence-electron chi connectivity index (χ3n) is 11.3. The summed E-state index contributed by atoms with van der Waals surface area (Å²) in [7, 11) is 1.62. The predicted octanol–water partition coefficient (Wildman–Crippen LogP) is 7.52. The Morgan fingerprint density at radius 1 is 1.02 bits per heavy atom. The van der Waals surface area contributed by atoms with Crippen LogP contribution in [0.25, 0.3) is 10.9 Å². The van der Waals surface area contributed by atoms with Crippen LogP contribution in [0.15, 0.2) is 53.0 Å². The molecular weight excluding hydrogens is 795 g/mol. The number of benzene rings is 3. The van der Waals surface area contributed by atoms with Crippen LogP contribution < -0.4 is 20.1 Å². The van der Waals surface area contributed by atoms with E-state index in [0.717, 1.165) is 63.6 Å². The van der Waals surface area contributed by atoms with Gasteiger partial charge in [-0.25, -0.2) is 14.4 Å². The van der Waals surface area contributed by atoms with E-state index in [4.69, 9.17) is 14.5 Å². The summed E-state index contributed by atoms with van der Waals surface area (Å²) in [5.41, 5.74) is 3.68. The molecule has 2 atom stereocenters. The number of nitrogens with one attached hydrogen (secondary N) is 2. The average Bonchev–Trinajstić information content (AvgIpc) is 3.51. The summed E-state index contributed by atoms with van der Waals surface area (Å²) < 4.78 is 27.7. The molecule has 3 aliphatic rings. The van der Waals surface area contributed by atoms with Crippen LogP contribution in [0.1, 0.15) is 110 Å². The van der Waals surface area contributed by atoms with Crippen molar-refractivity contribution < 1.29 is 33.0 Å². The summed E-state index contributed by atoms with van der Waals surface area (Å²) in [6.07, 6.45) is 5.60. The number of likely N-dealkylation sites (tertiary alicyclic amines) is 1. The van der Waals surface area contributed by atoms with Gasteiger partial charge in [0.1, 0.15) is 23.5 Å². The Balaban J connectivity index is 0.858. The number of carbonyl (C=O) groups is 4. The summed E-state index contributed by atoms with van der Waals surface area (Å²) in [5.74, 6) is 0.988. The molecule has 14 heteroatoms. The van der Waals surface area contributed by atoms with Gasteiger partial charge in [0, 0.05) is 54.0 Å². The van der Waals surface area contributed by atoms with Gasteiger partial charge in [-0.1, -0.05) is 40.9 Å². The highest BCUT2D eigenvalue weighted by Crippen LogP contribution is 2.39. The minimum Gasteiger partial charge on any atom is -0.493 e. The van der Waals surface area contributed by atoms with Crippen LogP contribution in [-0.2, 0) is 20.9 Å². The van der Waals surface area contributed by atoms with Crippen molar-refractivity contribution in [1.29, 1.82) is 0 Å². The molecule has 0 radical (unpaired) electrons. The Hall–Kier alpha value is -5.11. The van der Waals surface area contributed by atoms with Crippen LogP contribution in [0.2, 0.25) is 0 Å². The third kappa shape index (κ3) is 9.06. The first-order chi connectivity index (χ1) is 27.5. The van der Waals surface area contributed by atoms with Crippen molar-refractivity contribution in [3.63, 3.8) is 0 Å². The van der Waals surface area contributed by atoms with Gasteiger partial charge in [0.25, 0.3) is 5.91 Å². The lowest BCUT2D eigenvalue weighted by Crippen LogP contribution is -2.52. The molecule has 300 valence electrons. The number of nitrogens with zero attached hydrogens (tertiary/aromatic N) is 4. The molecule has 0 spiro atoms. The second-order valence-electron chi connectivity index (χ2n) is 15.1. The van der Waals surface area contributed by atoms with Crippen molar-refractivity contribution in [2.75, 3.05) is 32.1 Å². The normalized spacial score (nSPS) is 17.8. The highest BCUT2D eigenvalue weighted by atomic mass is 79.9. The monoisotopic (exact) mass is 842 g/mol. The molecule has 2 unspecified atom stereocenters. The number of unbranched alkanes of at least 4 members (excludes halogenated alkanes) is 3. The summed E-state index contributed by atoms with van der Waals surface area (Å²) >= 11 is 3.55. The molecule has 7 rings (SSSR count). The van der Waals surface area contributed by atoms with E-state index in [2.05, 4.69) is 50.6 Å². The highest BCUT2D eigenvalue weighted by molar-refractivity contribution is 9.10. The van der Waals surface area contributed by atoms with Crippen LogP contribution in [-0.4, -0.2) is 76.2 Å². The van der Waals surface area contributed by atoms with E-state index < -0.39 is 17.8 Å². The molecule has 3 aromatic carbocycles. The standard InChI is InChI=1S/C43H48BrFN6O6/c1-25(28-9-8-10-29(44)19-28)46-41-33-22-37(56-3)38(23-35(33)47-26(2)48-41)57-18-7-5-4-6-11-40(53)50-16-14-27(15-17-50)31-20-30(45)21-32-34(31)24-51(43(32)55)36-12-13-39(52)49-42(36)54/h8-10,19-23,25,27,36H,4-7,11-18,24H2,1-3H3,(H,46,47,48)(H,49,52,54). The van der Waals surface area contributed by atoms with E-state index in [1.807, 2.05) is 36.1 Å². The molecule has 4 heterocycles. The number of amides is 4. The molecule has 12 nitrogen and oxygen atoms in total. The first kappa shape index (κ1) is 40.1. The molecule has 3 aliphatic heterocycles. The van der Waals surface area contributed by atoms with Gasteiger partial charge in [-0.05, 0) is 98.9 Å². The van der Waals surface area contributed by atoms with Gasteiger partial charge in [0.2, 0.25) is 17.7 Å². The molecule has 2 N–H and O–H groups in total. The van der Waals surface area contributed by atoms with E-state index in [9.17, 15) is 23.6 Å². The highest BCUT2D eigenvalue weighted by Gasteiger charge is 2.41. The van der Waals surface area contributed by atoms with E-state index in [-0.39, 0.29) is 54.6 Å². The number of piperidine rings is 2. The Morgan fingerprint density at radius 2 is 1.81 bits per heavy atom. The summed E-state index contributed by atoms with van der Waals surface area (Å²) in [4.78, 5) is 63.3. The molecule has 4 aromatic rings. The Labute approximate surface area is 340 Å². The maximum Gasteiger partial charge on any atom is 0.255 e. The lowest BCUT2D eigenvalue weighted by atomic mass is 9.85. The Bertz CT molecular complexity index is 2190. The quantitative estimate of drug-likeness (QED) is 0.0974. The van der Waals surface area contributed by atoms with Crippen molar-refractivity contribution in [1.82, 2.24) is 25.1 Å². The zero-order chi connectivity index (χ0) is 40.2. The predicted molar refractivity (Wildman–Crippen MR) is 217 cm³/mol. The Kier molecular flexibility index (Phi) is 12.4. The Morgan fingerprint density at radius 3 is 2.56 bits per heavy atom. The summed E-state index contributed by atoms with van der Waals surface area (Å²) in [6.45, 7) is 5.79. The topological polar surface area (TPSA) is 143 Å². The maximum atomic E-state index is 14.8. The first-order valence-electron chi connectivity index (χ1n) is 19.7. The van der Waals surface area contributed by atoms with E-state index >= 15 is 0 Å². The van der Waals surface area contributed by atoms with Crippen LogP contribution in [0.3, 0.4) is 0 Å². The average molecular weight is 844 g/mol. The molecule has 4 amide bonds. The van der Waals surface area contributed by atoms with Crippen LogP contribution in [0.5, 0.6) is 11.5 Å². The molecule has 2 saturated heterocycles. The zero-order valence-electron chi connectivity index (χ0n) is 32.5. The van der Waals surface area contributed by atoms with Gasteiger partial charge in [-0.2, -0.15) is 0 Å². The molecule has 1 aromatic heterocycles. The number of fused-ring (bicyclic) bond motifs is 2. The van der Waals surface area contributed by atoms with Crippen molar-refractivity contribution in [3.05, 3.63) is 86.9 Å². The number of aromatic nitrogens is 2. The second kappa shape index (κ2) is 17.6. The van der Waals surface area contributed by atoms with Gasteiger partial charge >= 0.3 is 0 Å². The fourth-order valence-corrected chi connectivity index (χ4v) is 8.65. The number of hydrogen-bond acceptors (Lipinski definition) is 9. The van der Waals surface area contributed by atoms with Crippen molar-refractivity contribution in [3.8, 4) is 11.5 Å². The zero-order valence-corrected chi connectivity index (χ0v) is 34.1.